The summed E-state index contributed by atoms with van der Waals surface area (Å²) in [4.78, 5) is 29.8. The normalized spacial score (nSPS) is 24.5. The van der Waals surface area contributed by atoms with Crippen LogP contribution in [0.15, 0.2) is 102 Å². The summed E-state index contributed by atoms with van der Waals surface area (Å²) in [7, 11) is -1.40. The molecule has 5 heterocycles. The number of hydrogen-bond acceptors (Lipinski definition) is 12. The Kier molecular flexibility index (Phi) is 19.0. The molecule has 9 rings (SSSR count). The van der Waals surface area contributed by atoms with Gasteiger partial charge in [-0.1, -0.05) is 76.6 Å². The molecule has 20 heteroatoms. The van der Waals surface area contributed by atoms with Crippen molar-refractivity contribution in [2.75, 3.05) is 13.1 Å². The highest BCUT2D eigenvalue weighted by Gasteiger charge is 2.64. The lowest BCUT2D eigenvalue weighted by atomic mass is 9.49. The molecule has 450 valence electrons. The predicted octanol–water partition coefficient (Wildman–Crippen LogP) is 14.4. The second-order valence-electron chi connectivity index (χ2n) is 27.4. The van der Waals surface area contributed by atoms with Crippen molar-refractivity contribution in [1.82, 2.24) is 9.80 Å². The Bertz CT molecular complexity index is 3000. The molecule has 4 aromatic rings. The van der Waals surface area contributed by atoms with Crippen molar-refractivity contribution >= 4 is 54.7 Å². The zero-order chi connectivity index (χ0) is 62.4. The van der Waals surface area contributed by atoms with Crippen molar-refractivity contribution in [3.63, 3.8) is 0 Å². The maximum atomic E-state index is 13.6. The third-order valence-electron chi connectivity index (χ3n) is 18.3. The van der Waals surface area contributed by atoms with Crippen LogP contribution in [0.3, 0.4) is 0 Å². The summed E-state index contributed by atoms with van der Waals surface area (Å²) in [6.45, 7) is 36.4. The van der Waals surface area contributed by atoms with Gasteiger partial charge in [0.2, 0.25) is 0 Å². The van der Waals surface area contributed by atoms with E-state index in [0.717, 1.165) is 21.1 Å². The highest BCUT2D eigenvalue weighted by atomic mass is 79.9. The highest BCUT2D eigenvalue weighted by molar-refractivity contribution is 9.10. The molecule has 2 amide bonds. The van der Waals surface area contributed by atoms with Gasteiger partial charge >= 0.3 is 33.3 Å². The van der Waals surface area contributed by atoms with Crippen LogP contribution in [0.25, 0.3) is 0 Å². The molecule has 0 saturated carbocycles. The lowest BCUT2D eigenvalue weighted by Gasteiger charge is -2.45. The van der Waals surface area contributed by atoms with Gasteiger partial charge in [0, 0.05) is 43.2 Å². The van der Waals surface area contributed by atoms with Gasteiger partial charge < -0.3 is 47.2 Å². The third-order valence-corrected chi connectivity index (χ3v) is 18.9. The first kappa shape index (κ1) is 66.2. The number of carbonyl (C=O) groups excluding carboxylic acids is 2. The fourth-order valence-electron chi connectivity index (χ4n) is 10.9. The van der Waals surface area contributed by atoms with E-state index >= 15 is 0 Å². The zero-order valence-electron chi connectivity index (χ0n) is 52.4. The number of hydrogen-bond donors (Lipinski definition) is 0. The number of halogens is 3. The number of cyclic esters (lactones) is 2. The summed E-state index contributed by atoms with van der Waals surface area (Å²) in [5.74, 6) is -0.712. The van der Waals surface area contributed by atoms with Gasteiger partial charge in [-0.2, -0.15) is 10.5 Å². The van der Waals surface area contributed by atoms with Crippen LogP contribution < -0.4 is 5.46 Å². The fraction of sp³-hybridized carbons (Fsp3) is 0.562. The summed E-state index contributed by atoms with van der Waals surface area (Å²) in [5.41, 5.74) is -1.36. The Balaban J connectivity index is 0.000000192. The zero-order valence-corrected chi connectivity index (χ0v) is 54.0. The molecule has 0 radical (unpaired) electrons. The van der Waals surface area contributed by atoms with Gasteiger partial charge in [0.25, 0.3) is 0 Å². The maximum Gasteiger partial charge on any atom is 0.494 e. The van der Waals surface area contributed by atoms with E-state index in [1.54, 1.807) is 34.1 Å². The van der Waals surface area contributed by atoms with E-state index in [9.17, 15) is 28.9 Å². The number of ether oxygens (including phenoxy) is 2. The van der Waals surface area contributed by atoms with Gasteiger partial charge in [-0.15, -0.1) is 0 Å². The number of nitriles is 2. The molecular weight excluding hydrogens is 1140 g/mol. The van der Waals surface area contributed by atoms with Crippen LogP contribution in [-0.4, -0.2) is 89.8 Å². The molecule has 5 aliphatic heterocycles. The number of amides is 2. The average Bonchev–Trinajstić information content (AvgIpc) is 1.80. The van der Waals surface area contributed by atoms with E-state index in [2.05, 4.69) is 28.1 Å². The minimum absolute atomic E-state index is 0.147. The molecular formula is C64H84B3BrF2N4O10. The van der Waals surface area contributed by atoms with Gasteiger partial charge in [-0.05, 0) is 189 Å². The van der Waals surface area contributed by atoms with E-state index in [1.165, 1.54) is 24.3 Å². The Morgan fingerprint density at radius 2 is 0.810 bits per heavy atom. The first-order valence-electron chi connectivity index (χ1n) is 29.0. The molecule has 0 bridgehead atoms. The molecule has 0 aliphatic carbocycles. The standard InChI is InChI=1S/C29H36BFN2O4.C23H24BrFN2O2.C12H24B2O4/c1-20(21-8-12-23(13-9-21)30-36-27(4,5)28(6,7)37-30)33-17-16-29(35-25(33)34,18-26(2,3)19-32)22-10-14-24(31)15-11-22;1-16(17-4-8-19(24)9-5-17)27-13-12-23(29-21(27)28,14-22(2,3)15-26)18-6-10-20(25)11-7-18;1-9(2)10(3,4)16-13(15-9)14-17-11(5,6)12(7,8)18-14/h8-15,20H,16-18H2,1-7H3;4-11,16H,12-14H2,1-3H3;1-8H3/t20-,29-;16-,23-;/m00./s1. The van der Waals surface area contributed by atoms with Crippen molar-refractivity contribution < 1.29 is 55.8 Å². The number of nitrogens with zero attached hydrogens (tertiary/aromatic N) is 4. The van der Waals surface area contributed by atoms with Crippen molar-refractivity contribution in [2.24, 2.45) is 10.8 Å². The molecule has 0 spiro atoms. The van der Waals surface area contributed by atoms with Gasteiger partial charge in [0.05, 0.1) is 68.7 Å². The average molecular weight is 1220 g/mol. The van der Waals surface area contributed by atoms with E-state index in [4.69, 9.17) is 37.4 Å². The Morgan fingerprint density at radius 1 is 0.512 bits per heavy atom. The molecule has 0 aromatic heterocycles. The Hall–Kier alpha value is -5.31. The molecule has 4 aromatic carbocycles. The fourth-order valence-corrected chi connectivity index (χ4v) is 11.2. The number of carbonyl (C=O) groups is 2. The molecule has 5 fully saturated rings. The van der Waals surface area contributed by atoms with Crippen LogP contribution in [-0.2, 0) is 48.6 Å². The minimum Gasteiger partial charge on any atom is -0.438 e. The number of rotatable bonds is 12. The Labute approximate surface area is 507 Å². The second kappa shape index (κ2) is 24.1. The van der Waals surface area contributed by atoms with Crippen molar-refractivity contribution in [3.8, 4) is 12.1 Å². The Morgan fingerprint density at radius 3 is 1.11 bits per heavy atom. The molecule has 0 N–H and O–H groups in total. The monoisotopic (exact) mass is 1220 g/mol. The lowest BCUT2D eigenvalue weighted by molar-refractivity contribution is -0.0777. The summed E-state index contributed by atoms with van der Waals surface area (Å²) in [6, 6.07) is 32.0. The maximum absolute atomic E-state index is 13.6. The van der Waals surface area contributed by atoms with E-state index in [1.807, 2.05) is 173 Å². The SMILES string of the molecule is CC1(C)OB(B2OC(C)(C)C(C)(C)O2)OC1(C)C.C[C@@H](c1ccc(B2OC(C)(C)C(C)(C)O2)cc1)N1CC[C@](CC(C)(C)C#N)(c2ccc(F)cc2)OC1=O.C[C@@H](c1ccc(Br)cc1)N1CC[C@](CC(C)(C)C#N)(c2ccc(F)cc2)OC1=O. The predicted molar refractivity (Wildman–Crippen MR) is 325 cm³/mol. The molecule has 5 aliphatic rings. The lowest BCUT2D eigenvalue weighted by Crippen LogP contribution is -2.50. The van der Waals surface area contributed by atoms with Crippen molar-refractivity contribution in [2.45, 2.75) is 207 Å². The second-order valence-corrected chi connectivity index (χ2v) is 28.3. The minimum atomic E-state index is -0.999. The first-order chi connectivity index (χ1) is 38.7. The molecule has 84 heavy (non-hydrogen) atoms. The third kappa shape index (κ3) is 14.2. The molecule has 5 saturated heterocycles. The summed E-state index contributed by atoms with van der Waals surface area (Å²) < 4.78 is 76.4. The number of benzene rings is 4. The van der Waals surface area contributed by atoms with Crippen LogP contribution >= 0.6 is 15.9 Å². The molecule has 4 atom stereocenters. The molecule has 14 nitrogen and oxygen atoms in total. The largest absolute Gasteiger partial charge is 0.494 e. The van der Waals surface area contributed by atoms with E-state index in [0.29, 0.717) is 49.9 Å². The summed E-state index contributed by atoms with van der Waals surface area (Å²) in [5, 5.41) is 19.2. The topological polar surface area (TPSA) is 162 Å². The highest BCUT2D eigenvalue weighted by Crippen LogP contribution is 2.48. The summed E-state index contributed by atoms with van der Waals surface area (Å²) >= 11 is 3.42. The van der Waals surface area contributed by atoms with Crippen LogP contribution in [0.1, 0.15) is 185 Å². The molecule has 0 unspecified atom stereocenters. The van der Waals surface area contributed by atoms with Gasteiger partial charge in [-0.3, -0.25) is 0 Å². The van der Waals surface area contributed by atoms with Gasteiger partial charge in [0.1, 0.15) is 22.8 Å². The van der Waals surface area contributed by atoms with Crippen LogP contribution in [0.4, 0.5) is 18.4 Å². The van der Waals surface area contributed by atoms with Crippen LogP contribution in [0.2, 0.25) is 0 Å². The smallest absolute Gasteiger partial charge is 0.438 e. The summed E-state index contributed by atoms with van der Waals surface area (Å²) in [6.07, 6.45) is 0.798. The van der Waals surface area contributed by atoms with Crippen molar-refractivity contribution in [3.05, 3.63) is 135 Å². The van der Waals surface area contributed by atoms with Crippen LogP contribution in [0, 0.1) is 45.1 Å². The van der Waals surface area contributed by atoms with Crippen LogP contribution in [0.5, 0.6) is 0 Å². The van der Waals surface area contributed by atoms with Gasteiger partial charge in [0.15, 0.2) is 0 Å². The van der Waals surface area contributed by atoms with Gasteiger partial charge in [-0.25, -0.2) is 18.4 Å². The first-order valence-corrected chi connectivity index (χ1v) is 29.8. The van der Waals surface area contributed by atoms with E-state index in [-0.39, 0.29) is 46.1 Å². The van der Waals surface area contributed by atoms with E-state index < -0.39 is 66.6 Å². The van der Waals surface area contributed by atoms with Crippen molar-refractivity contribution in [1.29, 1.82) is 10.5 Å². The quantitative estimate of drug-likeness (QED) is 0.124.